The van der Waals surface area contributed by atoms with Crippen molar-refractivity contribution in [1.82, 2.24) is 14.7 Å². The third-order valence-corrected chi connectivity index (χ3v) is 6.69. The number of carbonyl (C=O) groups excluding carboxylic acids is 2. The van der Waals surface area contributed by atoms with E-state index in [2.05, 4.69) is 31.0 Å². The van der Waals surface area contributed by atoms with Gasteiger partial charge < -0.3 is 19.4 Å². The zero-order valence-corrected chi connectivity index (χ0v) is 16.0. The SMILES string of the molecule is CN1CCN(C(=O)C2CC3CN(C(=O)C4(C)CC=CCC4)CC2O3)CC1. The van der Waals surface area contributed by atoms with Crippen molar-refractivity contribution >= 4 is 11.8 Å². The summed E-state index contributed by atoms with van der Waals surface area (Å²) in [6.07, 6.45) is 7.66. The topological polar surface area (TPSA) is 53.1 Å². The lowest BCUT2D eigenvalue weighted by atomic mass is 9.77. The molecule has 0 aromatic carbocycles. The van der Waals surface area contributed by atoms with Crippen LogP contribution in [0.2, 0.25) is 0 Å². The van der Waals surface area contributed by atoms with Gasteiger partial charge in [0.05, 0.1) is 23.5 Å². The smallest absolute Gasteiger partial charge is 0.229 e. The molecule has 144 valence electrons. The number of piperazine rings is 1. The number of nitrogens with zero attached hydrogens (tertiary/aromatic N) is 3. The van der Waals surface area contributed by atoms with Crippen molar-refractivity contribution in [3.8, 4) is 0 Å². The first-order valence-electron chi connectivity index (χ1n) is 10.0. The Hall–Kier alpha value is -1.40. The van der Waals surface area contributed by atoms with Crippen LogP contribution in [0.15, 0.2) is 12.2 Å². The quantitative estimate of drug-likeness (QED) is 0.692. The van der Waals surface area contributed by atoms with Crippen LogP contribution in [0, 0.1) is 11.3 Å². The van der Waals surface area contributed by atoms with E-state index in [0.717, 1.165) is 51.9 Å². The highest BCUT2D eigenvalue weighted by Crippen LogP contribution is 2.38. The minimum atomic E-state index is -0.289. The Balaban J connectivity index is 1.41. The summed E-state index contributed by atoms with van der Waals surface area (Å²) in [6.45, 7) is 6.77. The summed E-state index contributed by atoms with van der Waals surface area (Å²) in [4.78, 5) is 32.4. The molecular weight excluding hydrogens is 330 g/mol. The Labute approximate surface area is 156 Å². The summed E-state index contributed by atoms with van der Waals surface area (Å²) >= 11 is 0. The third-order valence-electron chi connectivity index (χ3n) is 6.69. The van der Waals surface area contributed by atoms with E-state index in [1.54, 1.807) is 0 Å². The van der Waals surface area contributed by atoms with Crippen LogP contribution in [0.1, 0.15) is 32.6 Å². The minimum absolute atomic E-state index is 0.0156. The monoisotopic (exact) mass is 361 g/mol. The Morgan fingerprint density at radius 2 is 1.85 bits per heavy atom. The molecular formula is C20H31N3O3. The molecule has 0 aromatic rings. The number of likely N-dealkylation sites (tertiary alicyclic amines) is 1. The molecule has 0 N–H and O–H groups in total. The van der Waals surface area contributed by atoms with Gasteiger partial charge >= 0.3 is 0 Å². The van der Waals surface area contributed by atoms with Crippen LogP contribution in [0.3, 0.4) is 0 Å². The molecule has 26 heavy (non-hydrogen) atoms. The second-order valence-corrected chi connectivity index (χ2v) is 8.75. The van der Waals surface area contributed by atoms with Crippen LogP contribution in [-0.2, 0) is 14.3 Å². The number of fused-ring (bicyclic) bond motifs is 2. The van der Waals surface area contributed by atoms with E-state index in [4.69, 9.17) is 4.74 Å². The molecule has 4 unspecified atom stereocenters. The largest absolute Gasteiger partial charge is 0.370 e. The maximum Gasteiger partial charge on any atom is 0.229 e. The number of hydrogen-bond acceptors (Lipinski definition) is 4. The van der Waals surface area contributed by atoms with Gasteiger partial charge in [-0.2, -0.15) is 0 Å². The second kappa shape index (κ2) is 6.97. The fraction of sp³-hybridized carbons (Fsp3) is 0.800. The first kappa shape index (κ1) is 18.0. The molecule has 0 spiro atoms. The Kier molecular flexibility index (Phi) is 4.82. The van der Waals surface area contributed by atoms with Crippen LogP contribution in [0.5, 0.6) is 0 Å². The average molecular weight is 361 g/mol. The van der Waals surface area contributed by atoms with Crippen molar-refractivity contribution in [1.29, 1.82) is 0 Å². The van der Waals surface area contributed by atoms with Gasteiger partial charge in [0.25, 0.3) is 0 Å². The van der Waals surface area contributed by atoms with Gasteiger partial charge in [-0.25, -0.2) is 0 Å². The molecule has 2 bridgehead atoms. The fourth-order valence-corrected chi connectivity index (χ4v) is 4.89. The molecule has 0 aromatic heterocycles. The van der Waals surface area contributed by atoms with Gasteiger partial charge in [0.15, 0.2) is 0 Å². The van der Waals surface area contributed by atoms with E-state index in [-0.39, 0.29) is 35.4 Å². The van der Waals surface area contributed by atoms with Gasteiger partial charge in [-0.15, -0.1) is 0 Å². The van der Waals surface area contributed by atoms with Gasteiger partial charge in [0.2, 0.25) is 11.8 Å². The molecule has 3 aliphatic heterocycles. The highest BCUT2D eigenvalue weighted by Gasteiger charge is 2.49. The Morgan fingerprint density at radius 1 is 1.08 bits per heavy atom. The van der Waals surface area contributed by atoms with E-state index < -0.39 is 0 Å². The summed E-state index contributed by atoms with van der Waals surface area (Å²) in [5.41, 5.74) is -0.289. The zero-order valence-electron chi connectivity index (χ0n) is 16.0. The van der Waals surface area contributed by atoms with E-state index in [9.17, 15) is 9.59 Å². The molecule has 1 aliphatic carbocycles. The van der Waals surface area contributed by atoms with Gasteiger partial charge in [-0.05, 0) is 32.7 Å². The summed E-state index contributed by atoms with van der Waals surface area (Å²) in [5, 5.41) is 0. The van der Waals surface area contributed by atoms with Crippen LogP contribution in [0.25, 0.3) is 0 Å². The summed E-state index contributed by atoms with van der Waals surface area (Å²) in [5.74, 6) is 0.389. The minimum Gasteiger partial charge on any atom is -0.370 e. The van der Waals surface area contributed by atoms with E-state index in [0.29, 0.717) is 13.1 Å². The lowest BCUT2D eigenvalue weighted by molar-refractivity contribution is -0.153. The molecule has 4 rings (SSSR count). The van der Waals surface area contributed by atoms with Gasteiger partial charge in [0, 0.05) is 39.3 Å². The number of ether oxygens (including phenoxy) is 1. The summed E-state index contributed by atoms with van der Waals surface area (Å²) < 4.78 is 6.08. The van der Waals surface area contributed by atoms with Gasteiger partial charge in [0.1, 0.15) is 0 Å². The van der Waals surface area contributed by atoms with Gasteiger partial charge in [-0.3, -0.25) is 9.59 Å². The normalized spacial score (nSPS) is 37.8. The maximum absolute atomic E-state index is 13.1. The molecule has 3 fully saturated rings. The lowest BCUT2D eigenvalue weighted by Crippen LogP contribution is -2.53. The third kappa shape index (κ3) is 3.29. The lowest BCUT2D eigenvalue weighted by Gasteiger charge is -2.40. The van der Waals surface area contributed by atoms with Crippen LogP contribution in [-0.4, -0.2) is 85.0 Å². The average Bonchev–Trinajstić information content (AvgIpc) is 2.95. The molecule has 0 saturated carbocycles. The molecule has 6 heteroatoms. The molecule has 4 aliphatic rings. The van der Waals surface area contributed by atoms with Crippen LogP contribution < -0.4 is 0 Å². The number of allylic oxidation sites excluding steroid dienone is 2. The van der Waals surface area contributed by atoms with Gasteiger partial charge in [-0.1, -0.05) is 19.1 Å². The van der Waals surface area contributed by atoms with Crippen molar-refractivity contribution in [2.75, 3.05) is 46.3 Å². The predicted molar refractivity (Wildman–Crippen MR) is 98.5 cm³/mol. The second-order valence-electron chi connectivity index (χ2n) is 8.75. The highest BCUT2D eigenvalue weighted by molar-refractivity contribution is 5.84. The zero-order chi connectivity index (χ0) is 18.3. The van der Waals surface area contributed by atoms with Crippen molar-refractivity contribution in [3.63, 3.8) is 0 Å². The molecule has 2 amide bonds. The van der Waals surface area contributed by atoms with Crippen molar-refractivity contribution in [3.05, 3.63) is 12.2 Å². The summed E-state index contributed by atoms with van der Waals surface area (Å²) in [6, 6.07) is 0. The van der Waals surface area contributed by atoms with E-state index in [1.165, 1.54) is 0 Å². The number of hydrogen-bond donors (Lipinski definition) is 0. The first-order chi connectivity index (χ1) is 12.5. The van der Waals surface area contributed by atoms with E-state index in [1.807, 2.05) is 9.80 Å². The molecule has 4 atom stereocenters. The Morgan fingerprint density at radius 3 is 2.54 bits per heavy atom. The molecule has 6 nitrogen and oxygen atoms in total. The number of carbonyl (C=O) groups is 2. The number of likely N-dealkylation sites (N-methyl/N-ethyl adjacent to an activating group) is 1. The Bertz CT molecular complexity index is 599. The number of amides is 2. The predicted octanol–water partition coefficient (Wildman–Crippen LogP) is 1.12. The van der Waals surface area contributed by atoms with Crippen molar-refractivity contribution < 1.29 is 14.3 Å². The van der Waals surface area contributed by atoms with Crippen molar-refractivity contribution in [2.24, 2.45) is 11.3 Å². The summed E-state index contributed by atoms with van der Waals surface area (Å²) in [7, 11) is 2.10. The van der Waals surface area contributed by atoms with Crippen LogP contribution >= 0.6 is 0 Å². The van der Waals surface area contributed by atoms with Crippen LogP contribution in [0.4, 0.5) is 0 Å². The highest BCUT2D eigenvalue weighted by atomic mass is 16.5. The van der Waals surface area contributed by atoms with E-state index >= 15 is 0 Å². The molecule has 3 saturated heterocycles. The standard InChI is InChI=1S/C20H31N3O3/c1-20(6-4-3-5-7-20)19(25)23-13-15-12-16(17(14-23)26-15)18(24)22-10-8-21(2)9-11-22/h3-4,15-17H,5-14H2,1-2H3. The van der Waals surface area contributed by atoms with Crippen molar-refractivity contribution in [2.45, 2.75) is 44.8 Å². The number of rotatable bonds is 2. The fourth-order valence-electron chi connectivity index (χ4n) is 4.89. The molecule has 3 heterocycles. The first-order valence-corrected chi connectivity index (χ1v) is 10.0. The maximum atomic E-state index is 13.1. The number of morpholine rings is 1. The molecule has 0 radical (unpaired) electrons.